The number of nitriles is 1. The van der Waals surface area contributed by atoms with Gasteiger partial charge in [0.15, 0.2) is 0 Å². The van der Waals surface area contributed by atoms with Crippen LogP contribution in [0.25, 0.3) is 0 Å². The molecule has 1 N–H and O–H groups in total. The minimum atomic E-state index is 0. The number of unbranched alkanes of at least 4 members (excludes halogenated alkanes) is 1. The van der Waals surface area contributed by atoms with Crippen LogP contribution in [0.15, 0.2) is 78.9 Å². The second kappa shape index (κ2) is 34.1. The quantitative estimate of drug-likeness (QED) is 0.0994. The lowest BCUT2D eigenvalue weighted by atomic mass is 9.90. The van der Waals surface area contributed by atoms with Crippen molar-refractivity contribution in [2.75, 3.05) is 13.7 Å². The van der Waals surface area contributed by atoms with Crippen molar-refractivity contribution in [3.05, 3.63) is 118 Å². The van der Waals surface area contributed by atoms with Gasteiger partial charge >= 0.3 is 0 Å². The van der Waals surface area contributed by atoms with Gasteiger partial charge in [0, 0.05) is 12.0 Å². The molecule has 1 aliphatic carbocycles. The number of nitrogens with zero attached hydrogens (tertiary/aromatic N) is 1. The Bertz CT molecular complexity index is 1400. The van der Waals surface area contributed by atoms with Gasteiger partial charge in [-0.05, 0) is 159 Å². The number of rotatable bonds is 17. The van der Waals surface area contributed by atoms with Crippen LogP contribution in [0.4, 0.5) is 0 Å². The Balaban J connectivity index is 0. The summed E-state index contributed by atoms with van der Waals surface area (Å²) in [6, 6.07) is 14.5. The van der Waals surface area contributed by atoms with Crippen molar-refractivity contribution in [2.24, 2.45) is 5.92 Å². The van der Waals surface area contributed by atoms with Gasteiger partial charge in [-0.2, -0.15) is 5.26 Å². The van der Waals surface area contributed by atoms with Gasteiger partial charge in [-0.15, -0.1) is 13.2 Å². The lowest BCUT2D eigenvalue weighted by molar-refractivity contribution is 0.396. The second-order valence-corrected chi connectivity index (χ2v) is 15.3. The van der Waals surface area contributed by atoms with Crippen molar-refractivity contribution < 1.29 is 4.74 Å². The van der Waals surface area contributed by atoms with Crippen LogP contribution in [0.5, 0.6) is 0 Å². The fourth-order valence-electron chi connectivity index (χ4n) is 6.21. The van der Waals surface area contributed by atoms with Crippen LogP contribution in [0.1, 0.15) is 172 Å². The van der Waals surface area contributed by atoms with Gasteiger partial charge in [0.05, 0.1) is 18.8 Å². The predicted octanol–water partition coefficient (Wildman–Crippen LogP) is 15.1. The van der Waals surface area contributed by atoms with Crippen molar-refractivity contribution in [3.63, 3.8) is 0 Å². The number of epoxide rings is 1. The number of hydrogen-bond donors (Lipinski definition) is 1. The maximum atomic E-state index is 9.04. The number of allylic oxidation sites excluding steroid dienone is 6. The Morgan fingerprint density at radius 2 is 1.53 bits per heavy atom. The van der Waals surface area contributed by atoms with E-state index in [1.54, 1.807) is 5.57 Å². The van der Waals surface area contributed by atoms with Crippen LogP contribution in [-0.2, 0) is 24.0 Å². The Kier molecular flexibility index (Phi) is 33.4. The molecule has 0 amide bonds. The molecule has 2 aromatic rings. The molecule has 0 saturated carbocycles. The molecule has 3 nitrogen and oxygen atoms in total. The molecule has 3 unspecified atom stereocenters. The van der Waals surface area contributed by atoms with Crippen LogP contribution < -0.4 is 5.32 Å². The summed E-state index contributed by atoms with van der Waals surface area (Å²) in [5, 5.41) is 12.5. The van der Waals surface area contributed by atoms with Gasteiger partial charge in [-0.25, -0.2) is 0 Å². The summed E-state index contributed by atoms with van der Waals surface area (Å²) in [5.74, 6) is 0.116. The molecule has 3 heteroatoms. The van der Waals surface area contributed by atoms with Crippen LogP contribution in [-0.4, -0.2) is 25.8 Å². The van der Waals surface area contributed by atoms with Crippen molar-refractivity contribution in [1.29, 1.82) is 5.26 Å². The average Bonchev–Trinajstić information content (AvgIpc) is 4.00. The van der Waals surface area contributed by atoms with Crippen LogP contribution in [0.3, 0.4) is 0 Å². The number of nitrogens with one attached hydrogen (secondary N) is 1. The first-order chi connectivity index (χ1) is 26.0. The monoisotopic (exact) mass is 755 g/mol. The van der Waals surface area contributed by atoms with Crippen molar-refractivity contribution >= 4 is 0 Å². The van der Waals surface area contributed by atoms with Gasteiger partial charge in [-0.1, -0.05) is 126 Å². The van der Waals surface area contributed by atoms with E-state index in [1.165, 1.54) is 95.9 Å². The summed E-state index contributed by atoms with van der Waals surface area (Å²) in [4.78, 5) is 0. The topological polar surface area (TPSA) is 48.3 Å². The third-order valence-electron chi connectivity index (χ3n) is 9.77. The first-order valence-electron chi connectivity index (χ1n) is 21.4. The van der Waals surface area contributed by atoms with Crippen molar-refractivity contribution in [3.8, 4) is 6.07 Å². The lowest BCUT2D eigenvalue weighted by Crippen LogP contribution is -2.25. The molecule has 1 saturated heterocycles. The van der Waals surface area contributed by atoms with Gasteiger partial charge in [0.2, 0.25) is 0 Å². The fourth-order valence-corrected chi connectivity index (χ4v) is 6.21. The zero-order chi connectivity index (χ0) is 40.7. The van der Waals surface area contributed by atoms with Gasteiger partial charge in [0.1, 0.15) is 0 Å². The molecule has 3 atom stereocenters. The summed E-state index contributed by atoms with van der Waals surface area (Å²) < 4.78 is 5.38. The van der Waals surface area contributed by atoms with Crippen molar-refractivity contribution in [2.45, 2.75) is 185 Å². The molecule has 310 valence electrons. The highest BCUT2D eigenvalue weighted by molar-refractivity contribution is 5.42. The summed E-state index contributed by atoms with van der Waals surface area (Å²) >= 11 is 0. The summed E-state index contributed by atoms with van der Waals surface area (Å²) in [6.07, 6.45) is 26.4. The Hall–Kier alpha value is -3.19. The maximum Gasteiger partial charge on any atom is 0.0813 e. The molecular formula is C52H86N2O. The molecule has 2 aromatic carbocycles. The maximum absolute atomic E-state index is 9.04. The van der Waals surface area contributed by atoms with E-state index in [0.29, 0.717) is 12.1 Å². The number of ether oxygens (including phenoxy) is 1. The van der Waals surface area contributed by atoms with Crippen LogP contribution in [0, 0.1) is 38.0 Å². The first kappa shape index (κ1) is 53.9. The number of hydrogen-bond acceptors (Lipinski definition) is 3. The van der Waals surface area contributed by atoms with E-state index in [4.69, 9.17) is 10.00 Å². The fraction of sp³-hybridized carbons (Fsp3) is 0.596. The standard InChI is InChI=1S/C25H31NO.C16H27N.C4H8.2C3H8.CH4/c1-17(15-26)5-8-22-13-21(7-6-19(22)3)14-24-12-18(2)11-23(20(24)4)9-10-25-16-27-25;1-4-5-6-11-16(17-3)13-12-15-10-8-7-9-14(15)2;1-3-4-2;2*1-3-2;/h6-7,11-13,17,25H,5,8-10,14,16H2,1-4H3;4,7,9,16-17H,1,5-6,8,10-13H2,2-3H3;3H,1,4H2,2H3;2*3H2,1-2H3;1H4. The lowest BCUT2D eigenvalue weighted by Gasteiger charge is -2.19. The Labute approximate surface area is 342 Å². The zero-order valence-corrected chi connectivity index (χ0v) is 37.0. The molecule has 55 heavy (non-hydrogen) atoms. The van der Waals surface area contributed by atoms with E-state index < -0.39 is 0 Å². The van der Waals surface area contributed by atoms with E-state index >= 15 is 0 Å². The van der Waals surface area contributed by atoms with Crippen molar-refractivity contribution in [1.82, 2.24) is 5.32 Å². The van der Waals surface area contributed by atoms with E-state index in [1.807, 2.05) is 19.1 Å². The van der Waals surface area contributed by atoms with E-state index in [-0.39, 0.29) is 13.3 Å². The highest BCUT2D eigenvalue weighted by atomic mass is 16.6. The van der Waals surface area contributed by atoms with Gasteiger partial charge in [-0.3, -0.25) is 0 Å². The molecule has 0 spiro atoms. The number of benzene rings is 2. The third-order valence-corrected chi connectivity index (χ3v) is 9.77. The zero-order valence-electron chi connectivity index (χ0n) is 37.0. The molecule has 4 rings (SSSR count). The highest BCUT2D eigenvalue weighted by Crippen LogP contribution is 2.26. The minimum absolute atomic E-state index is 0. The highest BCUT2D eigenvalue weighted by Gasteiger charge is 2.22. The molecule has 1 aliphatic heterocycles. The Morgan fingerprint density at radius 3 is 2.07 bits per heavy atom. The SMILES string of the molecule is C.C=CCC.C=CCCCC(CCC1=C(C)C=CCC1)NC.CCC.CCC.Cc1cc(CCC2CO2)c(C)c(Cc2ccc(C)c(CCC(C)C#N)c2)c1. The van der Waals surface area contributed by atoms with E-state index in [9.17, 15) is 0 Å². The predicted molar refractivity (Wildman–Crippen MR) is 247 cm³/mol. The molecule has 2 aliphatic rings. The summed E-state index contributed by atoms with van der Waals surface area (Å²) in [6.45, 7) is 29.6. The molecule has 0 aromatic heterocycles. The van der Waals surface area contributed by atoms with Crippen LogP contribution in [0.2, 0.25) is 0 Å². The third kappa shape index (κ3) is 25.6. The van der Waals surface area contributed by atoms with E-state index in [0.717, 1.165) is 51.6 Å². The van der Waals surface area contributed by atoms with Crippen LogP contribution >= 0.6 is 0 Å². The molecule has 0 bridgehead atoms. The van der Waals surface area contributed by atoms with Gasteiger partial charge in [0.25, 0.3) is 0 Å². The number of aryl methyl sites for hydroxylation is 4. The molecular weight excluding hydrogens is 669 g/mol. The summed E-state index contributed by atoms with van der Waals surface area (Å²) in [7, 11) is 2.08. The molecule has 1 heterocycles. The van der Waals surface area contributed by atoms with E-state index in [2.05, 4.69) is 136 Å². The first-order valence-corrected chi connectivity index (χ1v) is 21.4. The second-order valence-electron chi connectivity index (χ2n) is 15.3. The smallest absolute Gasteiger partial charge is 0.0813 e. The largest absolute Gasteiger partial charge is 0.373 e. The molecule has 0 radical (unpaired) electrons. The van der Waals surface area contributed by atoms with Gasteiger partial charge < -0.3 is 10.1 Å². The summed E-state index contributed by atoms with van der Waals surface area (Å²) in [5.41, 5.74) is 12.9. The molecule has 1 fully saturated rings. The minimum Gasteiger partial charge on any atom is -0.373 e. The normalized spacial score (nSPS) is 14.7. The Morgan fingerprint density at radius 1 is 0.891 bits per heavy atom. The average molecular weight is 755 g/mol.